The SMILES string of the molecule is COc1ccc(-c2nc3cccc(Cl)c3n2C)cc1N. The number of fused-ring (bicyclic) bond motifs is 1. The summed E-state index contributed by atoms with van der Waals surface area (Å²) in [6.07, 6.45) is 0. The van der Waals surface area contributed by atoms with Crippen LogP contribution in [-0.4, -0.2) is 16.7 Å². The largest absolute Gasteiger partial charge is 0.495 e. The van der Waals surface area contributed by atoms with Crippen LogP contribution < -0.4 is 10.5 Å². The number of ether oxygens (including phenoxy) is 1. The molecule has 3 rings (SSSR count). The molecular formula is C15H14ClN3O. The van der Waals surface area contributed by atoms with Gasteiger partial charge in [0.05, 0.1) is 28.9 Å². The Morgan fingerprint density at radius 3 is 2.70 bits per heavy atom. The molecule has 0 radical (unpaired) electrons. The van der Waals surface area contributed by atoms with Crippen LogP contribution in [0, 0.1) is 0 Å². The van der Waals surface area contributed by atoms with Gasteiger partial charge < -0.3 is 15.0 Å². The predicted octanol–water partition coefficient (Wildman–Crippen LogP) is 3.48. The lowest BCUT2D eigenvalue weighted by atomic mass is 10.2. The van der Waals surface area contributed by atoms with Crippen LogP contribution >= 0.6 is 11.6 Å². The normalized spacial score (nSPS) is 10.9. The maximum Gasteiger partial charge on any atom is 0.141 e. The van der Waals surface area contributed by atoms with E-state index in [4.69, 9.17) is 22.1 Å². The first-order valence-corrected chi connectivity index (χ1v) is 6.54. The number of aryl methyl sites for hydroxylation is 1. The number of nitrogens with two attached hydrogens (primary N) is 1. The zero-order valence-corrected chi connectivity index (χ0v) is 12.0. The summed E-state index contributed by atoms with van der Waals surface area (Å²) in [5.74, 6) is 1.48. The van der Waals surface area contributed by atoms with Crippen molar-refractivity contribution >= 4 is 28.3 Å². The van der Waals surface area contributed by atoms with Crippen molar-refractivity contribution in [2.75, 3.05) is 12.8 Å². The predicted molar refractivity (Wildman–Crippen MR) is 82.1 cm³/mol. The van der Waals surface area contributed by atoms with Crippen molar-refractivity contribution in [3.8, 4) is 17.1 Å². The van der Waals surface area contributed by atoms with E-state index in [1.165, 1.54) is 0 Å². The molecule has 3 aromatic rings. The van der Waals surface area contributed by atoms with Crippen LogP contribution in [0.4, 0.5) is 5.69 Å². The lowest BCUT2D eigenvalue weighted by Crippen LogP contribution is -1.96. The molecule has 0 spiro atoms. The molecule has 0 aliphatic heterocycles. The number of rotatable bonds is 2. The van der Waals surface area contributed by atoms with Crippen molar-refractivity contribution in [3.63, 3.8) is 0 Å². The summed E-state index contributed by atoms with van der Waals surface area (Å²) >= 11 is 6.24. The number of methoxy groups -OCH3 is 1. The van der Waals surface area contributed by atoms with Gasteiger partial charge in [-0.1, -0.05) is 17.7 Å². The Balaban J connectivity index is 2.22. The fourth-order valence-corrected chi connectivity index (χ4v) is 2.65. The molecule has 5 heteroatoms. The highest BCUT2D eigenvalue weighted by atomic mass is 35.5. The monoisotopic (exact) mass is 287 g/mol. The van der Waals surface area contributed by atoms with Crippen LogP contribution in [0.5, 0.6) is 5.75 Å². The first-order chi connectivity index (χ1) is 9.61. The number of anilines is 1. The van der Waals surface area contributed by atoms with Crippen molar-refractivity contribution in [1.82, 2.24) is 9.55 Å². The Morgan fingerprint density at radius 2 is 2.05 bits per heavy atom. The van der Waals surface area contributed by atoms with Gasteiger partial charge in [0.2, 0.25) is 0 Å². The summed E-state index contributed by atoms with van der Waals surface area (Å²) < 4.78 is 7.14. The van der Waals surface area contributed by atoms with Gasteiger partial charge in [0.1, 0.15) is 11.6 Å². The fraction of sp³-hybridized carbons (Fsp3) is 0.133. The smallest absolute Gasteiger partial charge is 0.141 e. The average Bonchev–Trinajstić information content (AvgIpc) is 2.77. The first-order valence-electron chi connectivity index (χ1n) is 6.16. The van der Waals surface area contributed by atoms with Crippen molar-refractivity contribution in [3.05, 3.63) is 41.4 Å². The molecule has 2 N–H and O–H groups in total. The van der Waals surface area contributed by atoms with Gasteiger partial charge in [-0.25, -0.2) is 4.98 Å². The summed E-state index contributed by atoms with van der Waals surface area (Å²) in [5.41, 5.74) is 9.25. The van der Waals surface area contributed by atoms with Crippen LogP contribution in [0.2, 0.25) is 5.02 Å². The van der Waals surface area contributed by atoms with Gasteiger partial charge in [-0.05, 0) is 30.3 Å². The molecule has 102 valence electrons. The standard InChI is InChI=1S/C15H14ClN3O/c1-19-14-10(16)4-3-5-12(14)18-15(19)9-6-7-13(20-2)11(17)8-9/h3-8H,17H2,1-2H3. The van der Waals surface area contributed by atoms with E-state index in [1.807, 2.05) is 48.0 Å². The molecular weight excluding hydrogens is 274 g/mol. The molecule has 4 nitrogen and oxygen atoms in total. The van der Waals surface area contributed by atoms with Crippen LogP contribution in [0.3, 0.4) is 0 Å². The molecule has 0 aliphatic rings. The molecule has 0 bridgehead atoms. The number of imidazole rings is 1. The van der Waals surface area contributed by atoms with Gasteiger partial charge in [0, 0.05) is 12.6 Å². The summed E-state index contributed by atoms with van der Waals surface area (Å²) in [6, 6.07) is 11.3. The van der Waals surface area contributed by atoms with Gasteiger partial charge >= 0.3 is 0 Å². The first kappa shape index (κ1) is 12.8. The van der Waals surface area contributed by atoms with Crippen molar-refractivity contribution in [1.29, 1.82) is 0 Å². The highest BCUT2D eigenvalue weighted by Gasteiger charge is 2.13. The Hall–Kier alpha value is -2.20. The highest BCUT2D eigenvalue weighted by Crippen LogP contribution is 2.31. The average molecular weight is 288 g/mol. The molecule has 1 aromatic heterocycles. The van der Waals surface area contributed by atoms with E-state index in [1.54, 1.807) is 7.11 Å². The second-order valence-corrected chi connectivity index (χ2v) is 4.97. The van der Waals surface area contributed by atoms with E-state index in [-0.39, 0.29) is 0 Å². The Morgan fingerprint density at radius 1 is 1.25 bits per heavy atom. The lowest BCUT2D eigenvalue weighted by molar-refractivity contribution is 0.417. The van der Waals surface area contributed by atoms with Crippen LogP contribution in [0.1, 0.15) is 0 Å². The number of para-hydroxylation sites is 1. The summed E-state index contributed by atoms with van der Waals surface area (Å²) in [6.45, 7) is 0. The number of aromatic nitrogens is 2. The lowest BCUT2D eigenvalue weighted by Gasteiger charge is -2.07. The number of hydrogen-bond acceptors (Lipinski definition) is 3. The Labute approximate surface area is 121 Å². The topological polar surface area (TPSA) is 53.1 Å². The molecule has 0 unspecified atom stereocenters. The van der Waals surface area contributed by atoms with Crippen molar-refractivity contribution in [2.24, 2.45) is 7.05 Å². The number of hydrogen-bond donors (Lipinski definition) is 1. The minimum absolute atomic E-state index is 0.586. The minimum atomic E-state index is 0.586. The number of benzene rings is 2. The van der Waals surface area contributed by atoms with Gasteiger partial charge in [0.15, 0.2) is 0 Å². The number of nitrogens with zero attached hydrogens (tertiary/aromatic N) is 2. The third kappa shape index (κ3) is 1.89. The highest BCUT2D eigenvalue weighted by molar-refractivity contribution is 6.35. The second kappa shape index (κ2) is 4.72. The molecule has 2 aromatic carbocycles. The zero-order chi connectivity index (χ0) is 14.3. The molecule has 0 saturated carbocycles. The Kier molecular flexibility index (Phi) is 3.03. The van der Waals surface area contributed by atoms with E-state index in [9.17, 15) is 0 Å². The molecule has 0 amide bonds. The van der Waals surface area contributed by atoms with Crippen molar-refractivity contribution < 1.29 is 4.74 Å². The van der Waals surface area contributed by atoms with E-state index in [2.05, 4.69) is 4.98 Å². The minimum Gasteiger partial charge on any atom is -0.495 e. The molecule has 1 heterocycles. The van der Waals surface area contributed by atoms with E-state index >= 15 is 0 Å². The van der Waals surface area contributed by atoms with Crippen LogP contribution in [-0.2, 0) is 7.05 Å². The summed E-state index contributed by atoms with van der Waals surface area (Å²) in [7, 11) is 3.54. The van der Waals surface area contributed by atoms with E-state index < -0.39 is 0 Å². The fourth-order valence-electron chi connectivity index (χ4n) is 2.35. The van der Waals surface area contributed by atoms with Gasteiger partial charge in [0.25, 0.3) is 0 Å². The second-order valence-electron chi connectivity index (χ2n) is 4.56. The third-order valence-electron chi connectivity index (χ3n) is 3.33. The maximum absolute atomic E-state index is 6.24. The number of nitrogen functional groups attached to an aromatic ring is 1. The summed E-state index contributed by atoms with van der Waals surface area (Å²) in [4.78, 5) is 4.62. The third-order valence-corrected chi connectivity index (χ3v) is 3.64. The molecule has 0 fully saturated rings. The molecule has 0 saturated heterocycles. The van der Waals surface area contributed by atoms with Crippen LogP contribution in [0.15, 0.2) is 36.4 Å². The van der Waals surface area contributed by atoms with Gasteiger partial charge in [-0.2, -0.15) is 0 Å². The Bertz CT molecular complexity index is 795. The summed E-state index contributed by atoms with van der Waals surface area (Å²) in [5, 5.41) is 0.685. The molecule has 0 atom stereocenters. The number of halogens is 1. The maximum atomic E-state index is 6.24. The van der Waals surface area contributed by atoms with Gasteiger partial charge in [-0.15, -0.1) is 0 Å². The van der Waals surface area contributed by atoms with E-state index in [0.29, 0.717) is 16.5 Å². The quantitative estimate of drug-likeness (QED) is 0.734. The van der Waals surface area contributed by atoms with E-state index in [0.717, 1.165) is 22.4 Å². The molecule has 20 heavy (non-hydrogen) atoms. The van der Waals surface area contributed by atoms with Gasteiger partial charge in [-0.3, -0.25) is 0 Å². The zero-order valence-electron chi connectivity index (χ0n) is 11.2. The van der Waals surface area contributed by atoms with Crippen LogP contribution in [0.25, 0.3) is 22.4 Å². The van der Waals surface area contributed by atoms with Crippen molar-refractivity contribution in [2.45, 2.75) is 0 Å². The molecule has 0 aliphatic carbocycles.